The Morgan fingerprint density at radius 3 is 1.16 bits per heavy atom. The minimum atomic E-state index is -5.06. The van der Waals surface area contributed by atoms with Crippen LogP contribution in [0.25, 0.3) is 67.6 Å². The largest absolute Gasteiger partial charge is 0.573 e. The fraction of sp³-hybridized carbons (Fsp3) is 0.302. The Kier molecular flexibility index (Phi) is 22.8. The van der Waals surface area contributed by atoms with E-state index >= 15 is 0 Å². The summed E-state index contributed by atoms with van der Waals surface area (Å²) in [5.74, 6) is -8.16. The van der Waals surface area contributed by atoms with Gasteiger partial charge in [-0.15, -0.1) is 93.5 Å². The number of benzene rings is 4. The number of methoxy groups -OCH3 is 3. The number of aromatic nitrogens is 16. The Bertz CT molecular complexity index is 5070. The quantitative estimate of drug-likeness (QED) is 0.0769. The molecule has 0 aliphatic rings. The van der Waals surface area contributed by atoms with Crippen molar-refractivity contribution in [3.63, 3.8) is 0 Å². The summed E-state index contributed by atoms with van der Waals surface area (Å²) in [5.41, 5.74) is 1.23. The molecule has 0 radical (unpaired) electrons. The van der Waals surface area contributed by atoms with Gasteiger partial charge in [0.05, 0.1) is 47.6 Å². The molecule has 4 aromatic carbocycles. The van der Waals surface area contributed by atoms with Crippen LogP contribution in [-0.4, -0.2) is 132 Å². The van der Waals surface area contributed by atoms with Crippen LogP contribution in [-0.2, 0) is 42.9 Å². The van der Waals surface area contributed by atoms with Crippen molar-refractivity contribution in [1.82, 2.24) is 78.3 Å². The van der Waals surface area contributed by atoms with Crippen molar-refractivity contribution >= 4 is 22.6 Å². The van der Waals surface area contributed by atoms with Crippen LogP contribution >= 0.6 is 0 Å². The van der Waals surface area contributed by atoms with E-state index in [1.807, 2.05) is 20.8 Å². The van der Waals surface area contributed by atoms with Crippen molar-refractivity contribution < 1.29 is 130 Å². The number of hydrogen-bond acceptors (Lipinski definition) is 20. The van der Waals surface area contributed by atoms with Gasteiger partial charge >= 0.3 is 43.8 Å². The van der Waals surface area contributed by atoms with Crippen LogP contribution in [0, 0.1) is 45.1 Å². The number of fused-ring (bicyclic) bond motifs is 4. The van der Waals surface area contributed by atoms with Crippen molar-refractivity contribution in [3.05, 3.63) is 167 Å². The average Bonchev–Trinajstić information content (AvgIpc) is 1.58. The third-order valence-electron chi connectivity index (χ3n) is 14.8. The summed E-state index contributed by atoms with van der Waals surface area (Å²) >= 11 is 0. The first-order valence-corrected chi connectivity index (χ1v) is 30.0. The molecule has 12 aromatic rings. The molecule has 0 amide bonds. The third-order valence-corrected chi connectivity index (χ3v) is 14.8. The highest BCUT2D eigenvalue weighted by molar-refractivity contribution is 5.68. The first kappa shape index (κ1) is 80.7. The normalized spacial score (nSPS) is 12.6. The van der Waals surface area contributed by atoms with Gasteiger partial charge in [0.25, 0.3) is 0 Å². The van der Waals surface area contributed by atoms with Gasteiger partial charge in [-0.25, -0.2) is 13.2 Å². The monoisotopic (exact) mass is 1560 g/mol. The van der Waals surface area contributed by atoms with Gasteiger partial charge in [0, 0.05) is 87.1 Å². The molecule has 0 spiro atoms. The minimum absolute atomic E-state index is 0.00501. The second-order valence-corrected chi connectivity index (χ2v) is 22.7. The zero-order valence-corrected chi connectivity index (χ0v) is 56.4. The Balaban J connectivity index is 0.000000166. The van der Waals surface area contributed by atoms with E-state index < -0.39 is 102 Å². The Morgan fingerprint density at radius 1 is 0.352 bits per heavy atom. The van der Waals surface area contributed by atoms with Gasteiger partial charge in [-0.05, 0) is 113 Å². The predicted molar refractivity (Wildman–Crippen MR) is 328 cm³/mol. The lowest BCUT2D eigenvalue weighted by Gasteiger charge is -2.22. The number of rotatable bonds is 17. The minimum Gasteiger partial charge on any atom is -0.406 e. The molecule has 0 atom stereocenters. The molecular weight excluding hydrogens is 1510 g/mol. The molecule has 0 saturated heterocycles. The molecule has 45 heteroatoms. The van der Waals surface area contributed by atoms with E-state index in [0.717, 1.165) is 96.0 Å². The zero-order valence-electron chi connectivity index (χ0n) is 56.4. The van der Waals surface area contributed by atoms with E-state index in [0.29, 0.717) is 47.0 Å². The molecule has 0 bridgehead atoms. The molecule has 8 aromatic heterocycles. The van der Waals surface area contributed by atoms with Crippen molar-refractivity contribution in [2.45, 2.75) is 97.8 Å². The number of nitrogens with zero attached hydrogens (tertiary/aromatic N) is 16. The standard InChI is InChI=1S/C18H19F3N4O2.3C15H10F6N4O2/c1-5-26-17(3,4)16-24-23-15-9-22-14(10-25(15)16)13-7-6-12(8-11(13)2)27-18(19,20)21;1-7-3-11(27-15(19,20)21)9(16)4-8(7)10-6-25-12(5-22-10)23-24-13(25)14(17,18)26-2;1-7-3-8(9(16)4-11(7)27-15(19,20)21)10-6-25-12(5-22-10)23-24-13(25)14(17,18)26-2;1-7-3-8(27-15(19,20)21)4-9(16)12(7)10-6-25-11(5-22-10)23-24-13(25)14(17,18)26-2/h6-10H,5H2,1-4H3;3*3-6H,1-2H3. The van der Waals surface area contributed by atoms with E-state index in [2.05, 4.69) is 93.9 Å². The Morgan fingerprint density at radius 2 is 0.731 bits per heavy atom. The molecular formula is C63H49F21N16O8. The zero-order chi connectivity index (χ0) is 79.8. The van der Waals surface area contributed by atoms with E-state index in [4.69, 9.17) is 4.74 Å². The van der Waals surface area contributed by atoms with Gasteiger partial charge in [0.2, 0.25) is 17.5 Å². The van der Waals surface area contributed by atoms with Crippen molar-refractivity contribution in [1.29, 1.82) is 0 Å². The lowest BCUT2D eigenvalue weighted by molar-refractivity contribution is -0.276. The number of alkyl halides is 18. The SMILES string of the molecule is CCOC(C)(C)c1nnc2cnc(-c3ccc(OC(F)(F)F)cc3C)cn12.COC(F)(F)c1nnc2cnc(-c3c(C)cc(OC(F)(F)F)cc3F)cn12.COC(F)(F)c1nnc2cnc(-c3cc(C)c(OC(F)(F)F)cc3F)cn12.COC(F)(F)c1nnc2cnc(-c3cc(F)c(OC(F)(F)F)cc3C)cn12. The fourth-order valence-electron chi connectivity index (χ4n) is 10.0. The predicted octanol–water partition coefficient (Wildman–Crippen LogP) is 15.8. The Hall–Kier alpha value is -11.4. The van der Waals surface area contributed by atoms with E-state index in [-0.39, 0.29) is 73.2 Å². The van der Waals surface area contributed by atoms with Crippen molar-refractivity contribution in [3.8, 4) is 68.0 Å². The fourth-order valence-corrected chi connectivity index (χ4v) is 10.0. The number of ether oxygens (including phenoxy) is 8. The highest BCUT2D eigenvalue weighted by atomic mass is 19.4. The molecule has 0 saturated carbocycles. The van der Waals surface area contributed by atoms with Crippen LogP contribution < -0.4 is 18.9 Å². The van der Waals surface area contributed by atoms with Crippen LogP contribution in [0.15, 0.2) is 104 Å². The van der Waals surface area contributed by atoms with Crippen LogP contribution in [0.1, 0.15) is 66.3 Å². The molecule has 0 aliphatic carbocycles. The molecule has 12 rings (SSSR count). The average molecular weight is 1560 g/mol. The van der Waals surface area contributed by atoms with Gasteiger partial charge in [-0.2, -0.15) is 26.3 Å². The molecule has 108 heavy (non-hydrogen) atoms. The van der Waals surface area contributed by atoms with E-state index in [9.17, 15) is 92.2 Å². The summed E-state index contributed by atoms with van der Waals surface area (Å²) < 4.78 is 311. The second-order valence-electron chi connectivity index (χ2n) is 22.7. The van der Waals surface area contributed by atoms with E-state index in [1.165, 1.54) is 32.9 Å². The van der Waals surface area contributed by atoms with Crippen LogP contribution in [0.2, 0.25) is 0 Å². The first-order valence-electron chi connectivity index (χ1n) is 30.0. The highest BCUT2D eigenvalue weighted by Gasteiger charge is 2.42. The number of hydrogen-bond donors (Lipinski definition) is 0. The molecule has 0 unspecified atom stereocenters. The van der Waals surface area contributed by atoms with Crippen LogP contribution in [0.5, 0.6) is 23.0 Å². The topological polar surface area (TPSA) is 246 Å². The van der Waals surface area contributed by atoms with Crippen LogP contribution in [0.3, 0.4) is 0 Å². The summed E-state index contributed by atoms with van der Waals surface area (Å²) in [4.78, 5) is 16.1. The molecule has 576 valence electrons. The maximum absolute atomic E-state index is 14.4. The summed E-state index contributed by atoms with van der Waals surface area (Å²) in [7, 11) is 2.32. The van der Waals surface area contributed by atoms with Gasteiger partial charge in [0.1, 0.15) is 34.5 Å². The van der Waals surface area contributed by atoms with Gasteiger partial charge in [-0.3, -0.25) is 37.5 Å². The molecule has 0 aliphatic heterocycles. The maximum atomic E-state index is 14.4. The lowest BCUT2D eigenvalue weighted by atomic mass is 10.0. The molecule has 0 fully saturated rings. The number of halogens is 21. The van der Waals surface area contributed by atoms with Crippen molar-refractivity contribution in [2.24, 2.45) is 0 Å². The smallest absolute Gasteiger partial charge is 0.406 e. The van der Waals surface area contributed by atoms with Crippen molar-refractivity contribution in [2.75, 3.05) is 27.9 Å². The van der Waals surface area contributed by atoms with Crippen LogP contribution in [0.4, 0.5) is 92.2 Å². The second kappa shape index (κ2) is 30.5. The van der Waals surface area contributed by atoms with Gasteiger partial charge in [0.15, 0.2) is 40.0 Å². The third kappa shape index (κ3) is 18.7. The lowest BCUT2D eigenvalue weighted by Crippen LogP contribution is -2.24. The highest BCUT2D eigenvalue weighted by Crippen LogP contribution is 2.39. The molecule has 0 N–H and O–H groups in total. The van der Waals surface area contributed by atoms with Gasteiger partial charge < -0.3 is 37.9 Å². The number of aryl methyl sites for hydroxylation is 4. The maximum Gasteiger partial charge on any atom is 0.573 e. The molecule has 24 nitrogen and oxygen atoms in total. The van der Waals surface area contributed by atoms with Gasteiger partial charge in [-0.1, -0.05) is 0 Å². The Labute approximate surface area is 590 Å². The summed E-state index contributed by atoms with van der Waals surface area (Å²) in [6.45, 7) is 11.9. The summed E-state index contributed by atoms with van der Waals surface area (Å²) in [6.07, 6.45) is -21.3. The summed E-state index contributed by atoms with van der Waals surface area (Å²) in [6, 6.07) is 8.81. The summed E-state index contributed by atoms with van der Waals surface area (Å²) in [5, 5.41) is 28.9. The first-order chi connectivity index (χ1) is 50.1. The molecule has 8 heterocycles. The van der Waals surface area contributed by atoms with E-state index in [1.54, 1.807) is 29.8 Å².